The number of H-pyrrole nitrogens is 1. The van der Waals surface area contributed by atoms with Gasteiger partial charge >= 0.3 is 5.97 Å². The van der Waals surface area contributed by atoms with Crippen molar-refractivity contribution in [1.29, 1.82) is 0 Å². The summed E-state index contributed by atoms with van der Waals surface area (Å²) in [7, 11) is 0. The SMILES string of the molecule is Cc1[nH+]c(C[NH3+])ccc1C(=O)O. The van der Waals surface area contributed by atoms with Crippen LogP contribution in [0.25, 0.3) is 0 Å². The van der Waals surface area contributed by atoms with Gasteiger partial charge in [0, 0.05) is 13.0 Å². The van der Waals surface area contributed by atoms with E-state index >= 15 is 0 Å². The van der Waals surface area contributed by atoms with Crippen molar-refractivity contribution in [2.75, 3.05) is 0 Å². The van der Waals surface area contributed by atoms with E-state index in [9.17, 15) is 4.79 Å². The second kappa shape index (κ2) is 3.32. The van der Waals surface area contributed by atoms with Crippen LogP contribution in [0.3, 0.4) is 0 Å². The van der Waals surface area contributed by atoms with E-state index in [1.165, 1.54) is 0 Å². The average Bonchev–Trinajstić information content (AvgIpc) is 2.03. The molecule has 0 saturated carbocycles. The summed E-state index contributed by atoms with van der Waals surface area (Å²) in [5.41, 5.74) is 5.62. The number of nitrogens with one attached hydrogen (secondary N) is 1. The van der Waals surface area contributed by atoms with Gasteiger partial charge in [0.2, 0.25) is 5.69 Å². The molecule has 0 unspecified atom stereocenters. The molecule has 4 nitrogen and oxygen atoms in total. The lowest BCUT2D eigenvalue weighted by Gasteiger charge is -1.94. The van der Waals surface area contributed by atoms with Gasteiger partial charge in [-0.25, -0.2) is 9.78 Å². The van der Waals surface area contributed by atoms with Crippen molar-refractivity contribution in [2.24, 2.45) is 0 Å². The maximum Gasteiger partial charge on any atom is 0.342 e. The molecule has 0 amide bonds. The van der Waals surface area contributed by atoms with E-state index in [1.807, 2.05) is 0 Å². The summed E-state index contributed by atoms with van der Waals surface area (Å²) >= 11 is 0. The third-order valence-electron chi connectivity index (χ3n) is 1.70. The van der Waals surface area contributed by atoms with Gasteiger partial charge in [0.1, 0.15) is 5.56 Å². The molecule has 0 radical (unpaired) electrons. The van der Waals surface area contributed by atoms with Crippen molar-refractivity contribution >= 4 is 5.97 Å². The van der Waals surface area contributed by atoms with E-state index in [-0.39, 0.29) is 0 Å². The van der Waals surface area contributed by atoms with Crippen molar-refractivity contribution in [3.63, 3.8) is 0 Å². The summed E-state index contributed by atoms with van der Waals surface area (Å²) in [4.78, 5) is 13.5. The van der Waals surface area contributed by atoms with Crippen LogP contribution in [0.15, 0.2) is 12.1 Å². The summed E-state index contributed by atoms with van der Waals surface area (Å²) in [5, 5.41) is 8.69. The Morgan fingerprint density at radius 2 is 2.33 bits per heavy atom. The summed E-state index contributed by atoms with van der Waals surface area (Å²) in [5.74, 6) is -0.903. The van der Waals surface area contributed by atoms with E-state index in [4.69, 9.17) is 5.11 Å². The number of aromatic nitrogens is 1. The summed E-state index contributed by atoms with van der Waals surface area (Å²) in [6.07, 6.45) is 0. The molecule has 4 heteroatoms. The lowest BCUT2D eigenvalue weighted by atomic mass is 10.2. The Kier molecular flexibility index (Phi) is 2.40. The van der Waals surface area contributed by atoms with Crippen molar-refractivity contribution in [3.8, 4) is 0 Å². The Bertz CT molecular complexity index is 310. The second-order valence-corrected chi connectivity index (χ2v) is 2.58. The number of carboxylic acids is 1. The van der Waals surface area contributed by atoms with Crippen LogP contribution in [-0.4, -0.2) is 11.1 Å². The lowest BCUT2D eigenvalue weighted by molar-refractivity contribution is -0.461. The molecule has 1 rings (SSSR count). The zero-order valence-electron chi connectivity index (χ0n) is 6.92. The second-order valence-electron chi connectivity index (χ2n) is 2.58. The quantitative estimate of drug-likeness (QED) is 0.609. The number of hydrogen-bond donors (Lipinski definition) is 2. The molecular weight excluding hydrogens is 156 g/mol. The monoisotopic (exact) mass is 168 g/mol. The van der Waals surface area contributed by atoms with Gasteiger partial charge in [0.25, 0.3) is 0 Å². The topological polar surface area (TPSA) is 79.1 Å². The summed E-state index contributed by atoms with van der Waals surface area (Å²) < 4.78 is 0. The predicted octanol–water partition coefficient (Wildman–Crippen LogP) is -0.751. The first-order valence-corrected chi connectivity index (χ1v) is 3.69. The Morgan fingerprint density at radius 1 is 1.67 bits per heavy atom. The maximum atomic E-state index is 10.6. The molecule has 12 heavy (non-hydrogen) atoms. The van der Waals surface area contributed by atoms with Gasteiger partial charge in [0.15, 0.2) is 12.2 Å². The van der Waals surface area contributed by atoms with Crippen LogP contribution in [0.5, 0.6) is 0 Å². The van der Waals surface area contributed by atoms with Gasteiger partial charge in [-0.15, -0.1) is 0 Å². The van der Waals surface area contributed by atoms with Gasteiger partial charge in [-0.2, -0.15) is 0 Å². The largest absolute Gasteiger partial charge is 0.477 e. The van der Waals surface area contributed by atoms with E-state index in [1.54, 1.807) is 19.1 Å². The van der Waals surface area contributed by atoms with Crippen molar-refractivity contribution in [1.82, 2.24) is 0 Å². The molecule has 1 heterocycles. The normalized spacial score (nSPS) is 9.83. The zero-order valence-corrected chi connectivity index (χ0v) is 6.92. The van der Waals surface area contributed by atoms with Crippen LogP contribution in [0, 0.1) is 6.92 Å². The number of hydrogen-bond acceptors (Lipinski definition) is 1. The Morgan fingerprint density at radius 3 is 2.75 bits per heavy atom. The predicted molar refractivity (Wildman–Crippen MR) is 41.3 cm³/mol. The van der Waals surface area contributed by atoms with Crippen LogP contribution >= 0.6 is 0 Å². The maximum absolute atomic E-state index is 10.6. The average molecular weight is 168 g/mol. The van der Waals surface area contributed by atoms with E-state index in [0.29, 0.717) is 17.8 Å². The Hall–Kier alpha value is -1.42. The number of aromatic carboxylic acids is 1. The zero-order chi connectivity index (χ0) is 9.14. The minimum atomic E-state index is -0.903. The fourth-order valence-electron chi connectivity index (χ4n) is 1.04. The number of carbonyl (C=O) groups is 1. The minimum absolute atomic E-state index is 0.312. The highest BCUT2D eigenvalue weighted by molar-refractivity contribution is 5.88. The molecule has 0 saturated heterocycles. The van der Waals surface area contributed by atoms with Crippen LogP contribution in [0.1, 0.15) is 21.7 Å². The molecule has 0 aliphatic carbocycles. The number of quaternary nitrogens is 1. The van der Waals surface area contributed by atoms with Gasteiger partial charge in [-0.1, -0.05) is 0 Å². The van der Waals surface area contributed by atoms with Gasteiger partial charge < -0.3 is 10.8 Å². The molecule has 64 valence electrons. The summed E-state index contributed by atoms with van der Waals surface area (Å²) in [6, 6.07) is 3.33. The van der Waals surface area contributed by atoms with E-state index in [2.05, 4.69) is 10.7 Å². The van der Waals surface area contributed by atoms with E-state index < -0.39 is 5.97 Å². The number of rotatable bonds is 2. The molecule has 5 N–H and O–H groups in total. The molecule has 0 spiro atoms. The fourth-order valence-corrected chi connectivity index (χ4v) is 1.04. The Balaban J connectivity index is 3.12. The van der Waals surface area contributed by atoms with Gasteiger partial charge in [-0.05, 0) is 6.07 Å². The smallest absolute Gasteiger partial charge is 0.342 e. The minimum Gasteiger partial charge on any atom is -0.477 e. The first-order chi connectivity index (χ1) is 5.65. The van der Waals surface area contributed by atoms with Crippen molar-refractivity contribution < 1.29 is 20.6 Å². The molecule has 0 aliphatic rings. The molecule has 0 bridgehead atoms. The van der Waals surface area contributed by atoms with E-state index in [0.717, 1.165) is 5.69 Å². The Labute approximate surface area is 70.0 Å². The van der Waals surface area contributed by atoms with Crippen LogP contribution < -0.4 is 10.7 Å². The third kappa shape index (κ3) is 1.60. The number of aromatic amines is 1. The molecule has 1 aromatic rings. The number of pyridine rings is 1. The standard InChI is InChI=1S/C8H10N2O2/c1-5-7(8(11)12)3-2-6(4-9)10-5/h2-3H,4,9H2,1H3,(H,11,12)/p+2. The lowest BCUT2D eigenvalue weighted by Crippen LogP contribution is -2.49. The molecule has 0 atom stereocenters. The van der Waals surface area contributed by atoms with Gasteiger partial charge in [0.05, 0.1) is 0 Å². The number of carboxylic acid groups (broad SMARTS) is 1. The van der Waals surface area contributed by atoms with Crippen LogP contribution in [-0.2, 0) is 6.54 Å². The highest BCUT2D eigenvalue weighted by atomic mass is 16.4. The summed E-state index contributed by atoms with van der Waals surface area (Å²) in [6.45, 7) is 2.38. The number of aryl methyl sites for hydroxylation is 1. The fraction of sp³-hybridized carbons (Fsp3) is 0.250. The molecular formula is C8H12N2O2+2. The van der Waals surface area contributed by atoms with Crippen molar-refractivity contribution in [2.45, 2.75) is 13.5 Å². The molecule has 0 fully saturated rings. The highest BCUT2D eigenvalue weighted by Crippen LogP contribution is 2.01. The first kappa shape index (κ1) is 8.67. The highest BCUT2D eigenvalue weighted by Gasteiger charge is 2.13. The van der Waals surface area contributed by atoms with Crippen molar-refractivity contribution in [3.05, 3.63) is 29.1 Å². The van der Waals surface area contributed by atoms with Gasteiger partial charge in [-0.3, -0.25) is 0 Å². The first-order valence-electron chi connectivity index (χ1n) is 3.69. The third-order valence-corrected chi connectivity index (χ3v) is 1.70. The molecule has 1 aromatic heterocycles. The van der Waals surface area contributed by atoms with Crippen LogP contribution in [0.4, 0.5) is 0 Å². The molecule has 0 aromatic carbocycles. The molecule has 0 aliphatic heterocycles. The van der Waals surface area contributed by atoms with Crippen LogP contribution in [0.2, 0.25) is 0 Å².